The first-order chi connectivity index (χ1) is 62.4. The van der Waals surface area contributed by atoms with Crippen LogP contribution in [0.15, 0.2) is 97.7 Å². The van der Waals surface area contributed by atoms with Crippen LogP contribution in [0.1, 0.15) is 141 Å². The Balaban J connectivity index is 1.08. The van der Waals surface area contributed by atoms with Gasteiger partial charge in [0.05, 0.1) is 31.3 Å². The number of carboxylic acids is 1. The monoisotopic (exact) mass is 1840 g/mol. The number of aromatic nitrogens is 4. The standard InChI is InChI=1S/C89H122N20O21S/c1-10-12-23-69-82(123)96-49(5)76(117)104-68(78(119)94-42-73(90)113)45-131-46-74(114)97-65(34-51-26-28-55(111)29-27-51)85(126)105(7)50(6)77(118)98-61(30-31-75(115)116)87(128)108-32-18-25-70(108)83(124)100-63(37-54-41-91-47-95-54)80(121)101-64(33-48(3)4)88(129)109-43-56(112)38-72(109)84(125)99-62(35-52-39-92-59-21-16-14-19-57(52)59)79(120)103-67(44-110)81(122)102-66(36-53-40-93-60-22-17-15-20-58(53)60)86(127)107(9)71(24-13-11-2)89(130)106(69)8/h14-17,19-22,26-29,39-41,47-50,56,61-72,92-93,110-112H,10-13,18,23-25,30-38,42-46H2,1-9H3,(H2,90,113)(H,91,95)(H,94,119)(H,96,123)(H,97,114)(H,98,118)(H,99,125)(H,100,124)(H,101,121)(H,102,122)(H,103,120)(H,104,117)(H,115,116)/t49-,50-,56+,61-,62-,63-,64-,65-,66-,67-,68-,69-,70-,71-,72-/m0/s1. The smallest absolute Gasteiger partial charge is 0.303 e. The van der Waals surface area contributed by atoms with Gasteiger partial charge in [0, 0.05) is 125 Å². The number of hydrogen-bond donors (Lipinski definition) is 18. The third-order valence-corrected chi connectivity index (χ3v) is 24.7. The number of fused-ring (bicyclic) bond motifs is 4. The van der Waals surface area contributed by atoms with Gasteiger partial charge in [0.25, 0.3) is 0 Å². The quantitative estimate of drug-likeness (QED) is 0.0359. The maximum absolute atomic E-state index is 15.6. The highest BCUT2D eigenvalue weighted by atomic mass is 32.2. The van der Waals surface area contributed by atoms with Gasteiger partial charge in [-0.05, 0) is 99.2 Å². The van der Waals surface area contributed by atoms with Crippen LogP contribution in [0, 0.1) is 5.92 Å². The van der Waals surface area contributed by atoms with Gasteiger partial charge in [-0.25, -0.2) is 4.98 Å². The molecule has 0 radical (unpaired) electrons. The van der Waals surface area contributed by atoms with Gasteiger partial charge < -0.3 is 119 Å². The molecular formula is C89H122N20O21S. The molecule has 16 amide bonds. The topological polar surface area (TPSA) is 594 Å². The first-order valence-electron chi connectivity index (χ1n) is 44.0. The molecular weight excluding hydrogens is 1720 g/mol. The van der Waals surface area contributed by atoms with Gasteiger partial charge in [-0.2, -0.15) is 0 Å². The minimum Gasteiger partial charge on any atom is -0.508 e. The number of aromatic amines is 3. The fourth-order valence-corrected chi connectivity index (χ4v) is 17.1. The van der Waals surface area contributed by atoms with Crippen molar-refractivity contribution in [1.82, 2.24) is 97.6 Å². The van der Waals surface area contributed by atoms with Gasteiger partial charge in [-0.15, -0.1) is 11.8 Å². The molecule has 42 heteroatoms. The molecule has 3 saturated heterocycles. The molecule has 3 aromatic heterocycles. The number of aliphatic hydroxyl groups excluding tert-OH is 2. The number of aromatic hydroxyl groups is 1. The van der Waals surface area contributed by atoms with Crippen molar-refractivity contribution in [1.29, 1.82) is 0 Å². The van der Waals surface area contributed by atoms with Crippen LogP contribution in [-0.2, 0) is 107 Å². The molecule has 6 heterocycles. The number of phenolic OH excluding ortho intramolecular Hbond substituents is 1. The van der Waals surface area contributed by atoms with Gasteiger partial charge in [0.15, 0.2) is 0 Å². The van der Waals surface area contributed by atoms with Crippen LogP contribution in [0.5, 0.6) is 5.75 Å². The summed E-state index contributed by atoms with van der Waals surface area (Å²) in [7, 11) is 3.93. The van der Waals surface area contributed by atoms with Crippen LogP contribution in [0.25, 0.3) is 21.8 Å². The lowest BCUT2D eigenvalue weighted by atomic mass is 10.00. The van der Waals surface area contributed by atoms with Crippen molar-refractivity contribution in [2.75, 3.05) is 58.9 Å². The summed E-state index contributed by atoms with van der Waals surface area (Å²) in [6, 6.07) is -1.68. The fraction of sp³-hybridized carbons (Fsp3) is 0.528. The highest BCUT2D eigenvalue weighted by molar-refractivity contribution is 8.00. The van der Waals surface area contributed by atoms with Crippen molar-refractivity contribution in [3.05, 3.63) is 120 Å². The molecule has 3 aromatic carbocycles. The predicted octanol–water partition coefficient (Wildman–Crippen LogP) is -1.18. The number of carbonyl (C=O) groups excluding carboxylic acids is 16. The second-order valence-electron chi connectivity index (χ2n) is 33.9. The molecule has 9 rings (SSSR count). The van der Waals surface area contributed by atoms with Gasteiger partial charge in [-0.3, -0.25) is 81.5 Å². The number of nitrogens with two attached hydrogens (primary N) is 1. The Morgan fingerprint density at radius 2 is 1.11 bits per heavy atom. The number of aliphatic hydroxyl groups is 2. The van der Waals surface area contributed by atoms with Crippen LogP contribution < -0.4 is 58.9 Å². The van der Waals surface area contributed by atoms with E-state index in [9.17, 15) is 68.4 Å². The Morgan fingerprint density at radius 1 is 0.565 bits per heavy atom. The van der Waals surface area contributed by atoms with E-state index in [-0.39, 0.29) is 82.4 Å². The number of H-pyrrole nitrogens is 3. The van der Waals surface area contributed by atoms with E-state index in [4.69, 9.17) is 5.73 Å². The normalized spacial score (nSPS) is 25.2. The van der Waals surface area contributed by atoms with Crippen molar-refractivity contribution in [2.45, 2.75) is 235 Å². The van der Waals surface area contributed by atoms with Crippen LogP contribution in [0.4, 0.5) is 0 Å². The molecule has 15 atom stereocenters. The number of aliphatic carboxylic acids is 1. The Labute approximate surface area is 761 Å². The number of primary amides is 1. The van der Waals surface area contributed by atoms with Crippen molar-refractivity contribution >= 4 is 134 Å². The molecule has 710 valence electrons. The molecule has 0 aliphatic carbocycles. The summed E-state index contributed by atoms with van der Waals surface area (Å²) < 4.78 is 0. The van der Waals surface area contributed by atoms with Gasteiger partial charge >= 0.3 is 5.97 Å². The third kappa shape index (κ3) is 27.8. The largest absolute Gasteiger partial charge is 0.508 e. The Morgan fingerprint density at radius 3 is 1.70 bits per heavy atom. The molecule has 19 N–H and O–H groups in total. The lowest BCUT2D eigenvalue weighted by molar-refractivity contribution is -0.149. The number of carbonyl (C=O) groups is 17. The minimum atomic E-state index is -1.88. The number of hydrogen-bond acceptors (Lipinski definition) is 22. The molecule has 3 aliphatic rings. The van der Waals surface area contributed by atoms with E-state index in [0.717, 1.165) is 36.3 Å². The maximum atomic E-state index is 15.6. The van der Waals surface area contributed by atoms with Gasteiger partial charge in [-0.1, -0.05) is 102 Å². The summed E-state index contributed by atoms with van der Waals surface area (Å²) >= 11 is 0.781. The van der Waals surface area contributed by atoms with Crippen molar-refractivity contribution in [3.63, 3.8) is 0 Å². The zero-order valence-electron chi connectivity index (χ0n) is 74.9. The van der Waals surface area contributed by atoms with Crippen LogP contribution >= 0.6 is 11.8 Å². The SMILES string of the molecule is CCCC[C@H]1C(=O)N(C)[C@@H](CCCC)C(=O)N[C@@H](C)C(=O)N[C@H](C(=O)NCC(N)=O)CSCC(=O)N[C@@H](Cc2ccc(O)cc2)C(=O)N(C)[C@@H](C)C(=O)N[C@@H](CCC(=O)O)C(=O)N2CCC[C@H]2C(=O)N[C@@H](Cc2cnc[nH]2)C(=O)N[C@@H](CC(C)C)C(=O)N2C[C@H](O)C[C@H]2C(=O)N[C@@H](Cc2c[nH]c3ccccc23)C(=O)N[C@@H](CO)C(=O)N[C@@H](Cc2c[nH]c3ccccc23)C(=O)N1C. The van der Waals surface area contributed by atoms with E-state index >= 15 is 33.6 Å². The van der Waals surface area contributed by atoms with E-state index in [1.807, 2.05) is 13.8 Å². The number of para-hydroxylation sites is 2. The summed E-state index contributed by atoms with van der Waals surface area (Å²) in [4.78, 5) is 266. The zero-order valence-corrected chi connectivity index (χ0v) is 75.7. The van der Waals surface area contributed by atoms with Crippen molar-refractivity contribution < 1.29 is 102 Å². The molecule has 0 spiro atoms. The predicted molar refractivity (Wildman–Crippen MR) is 479 cm³/mol. The second-order valence-corrected chi connectivity index (χ2v) is 35.0. The number of imidazole rings is 1. The van der Waals surface area contributed by atoms with Crippen LogP contribution in [-0.4, -0.2) is 315 Å². The number of phenols is 1. The van der Waals surface area contributed by atoms with Crippen LogP contribution in [0.3, 0.4) is 0 Å². The minimum absolute atomic E-state index is 0.00753. The average molecular weight is 1840 g/mol. The second kappa shape index (κ2) is 48.1. The molecule has 3 fully saturated rings. The number of unbranched alkanes of at least 4 members (excludes halogenated alkanes) is 2. The van der Waals surface area contributed by atoms with Gasteiger partial charge in [0.2, 0.25) is 94.5 Å². The number of amides is 16. The zero-order chi connectivity index (χ0) is 95.6. The van der Waals surface area contributed by atoms with E-state index < -0.39 is 235 Å². The molecule has 0 unspecified atom stereocenters. The number of likely N-dealkylation sites (N-methyl/N-ethyl adjacent to an activating group) is 3. The average Bonchev–Trinajstić information content (AvgIpc) is 1.62. The number of carboxylic acid groups (broad SMARTS) is 1. The molecule has 131 heavy (non-hydrogen) atoms. The number of rotatable bonds is 23. The summed E-state index contributed by atoms with van der Waals surface area (Å²) in [6.45, 7) is 7.42. The van der Waals surface area contributed by atoms with Gasteiger partial charge in [0.1, 0.15) is 90.3 Å². The number of benzene rings is 3. The number of nitrogens with one attached hydrogen (secondary N) is 13. The molecule has 0 saturated carbocycles. The van der Waals surface area contributed by atoms with Crippen molar-refractivity contribution in [2.24, 2.45) is 11.7 Å². The van der Waals surface area contributed by atoms with E-state index in [1.165, 1.54) is 71.8 Å². The maximum Gasteiger partial charge on any atom is 0.303 e. The molecule has 6 aromatic rings. The fourth-order valence-electron chi connectivity index (χ4n) is 16.2. The highest BCUT2D eigenvalue weighted by Gasteiger charge is 2.47. The summed E-state index contributed by atoms with van der Waals surface area (Å²) in [5.74, 6) is -17.5. The number of nitrogens with zero attached hydrogens (tertiary/aromatic N) is 6. The van der Waals surface area contributed by atoms with E-state index in [1.54, 1.807) is 74.8 Å². The summed E-state index contributed by atoms with van der Waals surface area (Å²) in [6.07, 6.45) is 3.74. The Kier molecular flexibility index (Phi) is 37.3. The Hall–Kier alpha value is -13.0. The molecule has 41 nitrogen and oxygen atoms in total. The van der Waals surface area contributed by atoms with E-state index in [0.29, 0.717) is 69.9 Å². The third-order valence-electron chi connectivity index (χ3n) is 23.7. The van der Waals surface area contributed by atoms with Crippen LogP contribution in [0.2, 0.25) is 0 Å². The Bertz CT molecular complexity index is 5070. The summed E-state index contributed by atoms with van der Waals surface area (Å²) in [5.41, 5.74) is 8.40. The van der Waals surface area contributed by atoms with Crippen molar-refractivity contribution in [3.8, 4) is 5.75 Å². The molecule has 3 aliphatic heterocycles. The molecule has 0 bridgehead atoms. The first kappa shape index (κ1) is 102. The van der Waals surface area contributed by atoms with E-state index in [2.05, 4.69) is 73.1 Å². The number of thioether (sulfide) groups is 1. The lowest BCUT2D eigenvalue weighted by Gasteiger charge is -2.36. The highest BCUT2D eigenvalue weighted by Crippen LogP contribution is 2.28. The first-order valence-corrected chi connectivity index (χ1v) is 45.2. The lowest BCUT2D eigenvalue weighted by Crippen LogP contribution is -2.61. The summed E-state index contributed by atoms with van der Waals surface area (Å²) in [5, 5.41) is 70.4.